The van der Waals surface area contributed by atoms with Crippen LogP contribution in [0.5, 0.6) is 0 Å². The molecule has 0 aromatic carbocycles. The van der Waals surface area contributed by atoms with Gasteiger partial charge in [0, 0.05) is 13.1 Å². The molecule has 1 heterocycles. The Hall–Kier alpha value is -1.39. The number of rotatable bonds is 4. The number of hydrogen-bond donors (Lipinski definition) is 1. The maximum Gasteiger partial charge on any atom is 0.407 e. The fourth-order valence-electron chi connectivity index (χ4n) is 2.31. The molecule has 1 saturated heterocycles. The fourth-order valence-corrected chi connectivity index (χ4v) is 2.31. The molecule has 0 bridgehead atoms. The van der Waals surface area contributed by atoms with E-state index in [1.165, 1.54) is 18.7 Å². The van der Waals surface area contributed by atoms with Gasteiger partial charge in [0.15, 0.2) is 0 Å². The second-order valence-electron chi connectivity index (χ2n) is 4.72. The summed E-state index contributed by atoms with van der Waals surface area (Å²) in [5.74, 6) is -0.392. The summed E-state index contributed by atoms with van der Waals surface area (Å²) in [5.41, 5.74) is 0. The third kappa shape index (κ3) is 3.84. The van der Waals surface area contributed by atoms with E-state index in [-0.39, 0.29) is 17.5 Å². The quantitative estimate of drug-likeness (QED) is 0.758. The van der Waals surface area contributed by atoms with Crippen molar-refractivity contribution < 1.29 is 19.5 Å². The molecule has 0 unspecified atom stereocenters. The van der Waals surface area contributed by atoms with E-state index in [1.807, 2.05) is 0 Å². The zero-order valence-corrected chi connectivity index (χ0v) is 10.3. The van der Waals surface area contributed by atoms with Crippen molar-refractivity contribution in [3.63, 3.8) is 0 Å². The third-order valence-electron chi connectivity index (χ3n) is 3.44. The highest BCUT2D eigenvalue weighted by molar-refractivity contribution is 6.00. The summed E-state index contributed by atoms with van der Waals surface area (Å²) >= 11 is 0. The van der Waals surface area contributed by atoms with E-state index < -0.39 is 12.0 Å². The standard InChI is InChI=1S/C12H19NO4/c1-8(14)11(9(2)15)7-10-3-5-13(6-4-10)12(16)17/h10-11H,3-7H2,1-2H3,(H,16,17). The molecule has 0 aliphatic carbocycles. The Morgan fingerprint density at radius 2 is 1.65 bits per heavy atom. The summed E-state index contributed by atoms with van der Waals surface area (Å²) in [6, 6.07) is 0. The number of hydrogen-bond acceptors (Lipinski definition) is 3. The maximum atomic E-state index is 11.3. The van der Waals surface area contributed by atoms with Crippen molar-refractivity contribution >= 4 is 17.7 Å². The van der Waals surface area contributed by atoms with E-state index in [9.17, 15) is 14.4 Å². The third-order valence-corrected chi connectivity index (χ3v) is 3.44. The number of carbonyl (C=O) groups is 3. The van der Waals surface area contributed by atoms with Crippen molar-refractivity contribution in [2.24, 2.45) is 11.8 Å². The number of Topliss-reactive ketones (excluding diaryl/α,β-unsaturated/α-hetero) is 2. The minimum Gasteiger partial charge on any atom is -0.465 e. The topological polar surface area (TPSA) is 74.7 Å². The molecule has 1 aliphatic heterocycles. The lowest BCUT2D eigenvalue weighted by atomic mass is 9.84. The van der Waals surface area contributed by atoms with Crippen LogP contribution in [0.1, 0.15) is 33.1 Å². The second kappa shape index (κ2) is 5.80. The Morgan fingerprint density at radius 1 is 1.18 bits per heavy atom. The summed E-state index contributed by atoms with van der Waals surface area (Å²) < 4.78 is 0. The molecular formula is C12H19NO4. The first-order chi connectivity index (χ1) is 7.91. The molecule has 96 valence electrons. The number of amides is 1. The number of piperidine rings is 1. The lowest BCUT2D eigenvalue weighted by Crippen LogP contribution is -2.38. The summed E-state index contributed by atoms with van der Waals surface area (Å²) in [6.07, 6.45) is 1.16. The SMILES string of the molecule is CC(=O)C(CC1CCN(C(=O)O)CC1)C(C)=O. The van der Waals surface area contributed by atoms with E-state index in [0.717, 1.165) is 12.8 Å². The lowest BCUT2D eigenvalue weighted by molar-refractivity contribution is -0.131. The molecule has 0 radical (unpaired) electrons. The van der Waals surface area contributed by atoms with Crippen LogP contribution in [0.25, 0.3) is 0 Å². The van der Waals surface area contributed by atoms with Crippen molar-refractivity contribution in [2.75, 3.05) is 13.1 Å². The van der Waals surface area contributed by atoms with Gasteiger partial charge in [-0.2, -0.15) is 0 Å². The van der Waals surface area contributed by atoms with Crippen LogP contribution in [0.3, 0.4) is 0 Å². The van der Waals surface area contributed by atoms with Gasteiger partial charge in [0.05, 0.1) is 5.92 Å². The molecule has 0 aromatic heterocycles. The Kier molecular flexibility index (Phi) is 4.66. The first-order valence-corrected chi connectivity index (χ1v) is 5.90. The summed E-state index contributed by atoms with van der Waals surface area (Å²) in [6.45, 7) is 3.89. The van der Waals surface area contributed by atoms with Gasteiger partial charge in [-0.1, -0.05) is 0 Å². The maximum absolute atomic E-state index is 11.3. The van der Waals surface area contributed by atoms with Crippen LogP contribution in [0, 0.1) is 11.8 Å². The summed E-state index contributed by atoms with van der Waals surface area (Å²) in [5, 5.41) is 8.80. The molecule has 1 amide bonds. The molecule has 0 saturated carbocycles. The van der Waals surface area contributed by atoms with Gasteiger partial charge >= 0.3 is 6.09 Å². The van der Waals surface area contributed by atoms with E-state index in [0.29, 0.717) is 19.5 Å². The average Bonchev–Trinajstić information content (AvgIpc) is 2.25. The van der Waals surface area contributed by atoms with E-state index in [1.54, 1.807) is 0 Å². The van der Waals surface area contributed by atoms with Gasteiger partial charge < -0.3 is 10.0 Å². The van der Waals surface area contributed by atoms with Gasteiger partial charge in [0.1, 0.15) is 11.6 Å². The van der Waals surface area contributed by atoms with Crippen molar-refractivity contribution in [2.45, 2.75) is 33.1 Å². The Morgan fingerprint density at radius 3 is 2.00 bits per heavy atom. The van der Waals surface area contributed by atoms with E-state index >= 15 is 0 Å². The molecule has 1 rings (SSSR count). The largest absolute Gasteiger partial charge is 0.465 e. The predicted octanol–water partition coefficient (Wildman–Crippen LogP) is 1.56. The monoisotopic (exact) mass is 241 g/mol. The van der Waals surface area contributed by atoms with E-state index in [4.69, 9.17) is 5.11 Å². The van der Waals surface area contributed by atoms with Gasteiger partial charge in [-0.25, -0.2) is 4.79 Å². The van der Waals surface area contributed by atoms with Crippen LogP contribution in [0.4, 0.5) is 4.79 Å². The zero-order chi connectivity index (χ0) is 13.0. The van der Waals surface area contributed by atoms with Crippen LogP contribution in [0.2, 0.25) is 0 Å². The van der Waals surface area contributed by atoms with Gasteiger partial charge in [0.2, 0.25) is 0 Å². The predicted molar refractivity (Wildman–Crippen MR) is 61.8 cm³/mol. The molecule has 0 aromatic rings. The molecule has 0 atom stereocenters. The average molecular weight is 241 g/mol. The Labute approximate surface area is 101 Å². The van der Waals surface area contributed by atoms with Gasteiger partial charge in [-0.05, 0) is 39.0 Å². The van der Waals surface area contributed by atoms with Crippen LogP contribution < -0.4 is 0 Å². The van der Waals surface area contributed by atoms with Crippen LogP contribution in [-0.4, -0.2) is 40.8 Å². The number of nitrogens with zero attached hydrogens (tertiary/aromatic N) is 1. The van der Waals surface area contributed by atoms with Crippen LogP contribution in [-0.2, 0) is 9.59 Å². The highest BCUT2D eigenvalue weighted by Crippen LogP contribution is 2.25. The number of ketones is 2. The van der Waals surface area contributed by atoms with Gasteiger partial charge in [0.25, 0.3) is 0 Å². The van der Waals surface area contributed by atoms with Crippen molar-refractivity contribution in [3.8, 4) is 0 Å². The molecule has 5 nitrogen and oxygen atoms in total. The number of likely N-dealkylation sites (tertiary alicyclic amines) is 1. The van der Waals surface area contributed by atoms with E-state index in [2.05, 4.69) is 0 Å². The number of carboxylic acid groups (broad SMARTS) is 1. The van der Waals surface area contributed by atoms with Crippen LogP contribution >= 0.6 is 0 Å². The molecule has 1 N–H and O–H groups in total. The number of carbonyl (C=O) groups excluding carboxylic acids is 2. The normalized spacial score (nSPS) is 17.2. The second-order valence-corrected chi connectivity index (χ2v) is 4.72. The molecule has 5 heteroatoms. The Balaban J connectivity index is 2.46. The highest BCUT2D eigenvalue weighted by Gasteiger charge is 2.28. The first-order valence-electron chi connectivity index (χ1n) is 5.90. The molecule has 1 aliphatic rings. The minimum absolute atomic E-state index is 0.0850. The summed E-state index contributed by atoms with van der Waals surface area (Å²) in [4.78, 5) is 34.7. The molecule has 0 spiro atoms. The smallest absolute Gasteiger partial charge is 0.407 e. The highest BCUT2D eigenvalue weighted by atomic mass is 16.4. The summed E-state index contributed by atoms with van der Waals surface area (Å²) in [7, 11) is 0. The van der Waals surface area contributed by atoms with Crippen molar-refractivity contribution in [1.82, 2.24) is 4.90 Å². The molecule has 1 fully saturated rings. The van der Waals surface area contributed by atoms with Crippen LogP contribution in [0.15, 0.2) is 0 Å². The zero-order valence-electron chi connectivity index (χ0n) is 10.3. The minimum atomic E-state index is -0.891. The van der Waals surface area contributed by atoms with Crippen molar-refractivity contribution in [3.05, 3.63) is 0 Å². The Bertz CT molecular complexity index is 304. The van der Waals surface area contributed by atoms with Gasteiger partial charge in [-0.15, -0.1) is 0 Å². The molecule has 17 heavy (non-hydrogen) atoms. The fraction of sp³-hybridized carbons (Fsp3) is 0.750. The van der Waals surface area contributed by atoms with Gasteiger partial charge in [-0.3, -0.25) is 9.59 Å². The van der Waals surface area contributed by atoms with Crippen molar-refractivity contribution in [1.29, 1.82) is 0 Å². The lowest BCUT2D eigenvalue weighted by Gasteiger charge is -2.31. The first kappa shape index (κ1) is 13.7. The molecular weight excluding hydrogens is 222 g/mol.